The molecule has 40 heavy (non-hydrogen) atoms. The summed E-state index contributed by atoms with van der Waals surface area (Å²) >= 11 is 0. The van der Waals surface area contributed by atoms with Gasteiger partial charge in [0, 0.05) is 31.0 Å². The molecule has 2 aromatic carbocycles. The van der Waals surface area contributed by atoms with Gasteiger partial charge in [0.25, 0.3) is 0 Å². The van der Waals surface area contributed by atoms with Gasteiger partial charge in [0.2, 0.25) is 5.69 Å². The minimum absolute atomic E-state index is 0.527. The Morgan fingerprint density at radius 1 is 0.700 bits per heavy atom. The Labute approximate surface area is 237 Å². The van der Waals surface area contributed by atoms with Crippen LogP contribution < -0.4 is 16.4 Å². The van der Waals surface area contributed by atoms with Gasteiger partial charge in [-0.15, -0.1) is 0 Å². The zero-order valence-corrected chi connectivity index (χ0v) is 23.3. The molecule has 0 saturated heterocycles. The number of nitrogens with one attached hydrogen (secondary N) is 2. The summed E-state index contributed by atoms with van der Waals surface area (Å²) in [5, 5.41) is 6.43. The fourth-order valence-electron chi connectivity index (χ4n) is 3.71. The standard InChI is InChI=1S/C16H17N3O.C16H21N3O/c1-13-15(17-2)8-9-16(19-13)18-10-11-20-12-14-6-4-3-5-7-14;1-13-15(11-17)7-8-16(19-13)18-9-10-20-12-14-5-3-2-4-6-14/h3-9H,10-12H2,1H3,(H,18,19);2-8H,9-12,17H2,1H3,(H,18,19). The van der Waals surface area contributed by atoms with E-state index in [9.17, 15) is 0 Å². The van der Waals surface area contributed by atoms with Gasteiger partial charge in [0.05, 0.1) is 33.0 Å². The van der Waals surface area contributed by atoms with Crippen molar-refractivity contribution in [2.24, 2.45) is 5.73 Å². The van der Waals surface area contributed by atoms with Crippen LogP contribution in [0.3, 0.4) is 0 Å². The fraction of sp³-hybridized carbons (Fsp3) is 0.281. The number of hydrogen-bond acceptors (Lipinski definition) is 7. The summed E-state index contributed by atoms with van der Waals surface area (Å²) in [6, 6.07) is 27.8. The van der Waals surface area contributed by atoms with E-state index < -0.39 is 0 Å². The van der Waals surface area contributed by atoms with Gasteiger partial charge in [-0.1, -0.05) is 72.8 Å². The third kappa shape index (κ3) is 10.8. The van der Waals surface area contributed by atoms with Gasteiger partial charge in [-0.3, -0.25) is 0 Å². The van der Waals surface area contributed by atoms with E-state index in [0.717, 1.165) is 35.1 Å². The predicted molar refractivity (Wildman–Crippen MR) is 161 cm³/mol. The summed E-state index contributed by atoms with van der Waals surface area (Å²) in [6.07, 6.45) is 0. The SMILES string of the molecule is Cc1nc(NCCOCc2ccccc2)ccc1CN.[C-]#[N+]c1ccc(NCCOCc2ccccc2)nc1C. The van der Waals surface area contributed by atoms with Crippen molar-refractivity contribution in [3.05, 3.63) is 124 Å². The number of hydrogen-bond donors (Lipinski definition) is 3. The smallest absolute Gasteiger partial charge is 0.208 e. The van der Waals surface area contributed by atoms with Crippen LogP contribution in [0.25, 0.3) is 4.85 Å². The van der Waals surface area contributed by atoms with Gasteiger partial charge < -0.3 is 25.8 Å². The van der Waals surface area contributed by atoms with Crippen molar-refractivity contribution in [2.45, 2.75) is 33.6 Å². The van der Waals surface area contributed by atoms with Crippen LogP contribution in [0.2, 0.25) is 0 Å². The van der Waals surface area contributed by atoms with Crippen LogP contribution in [0, 0.1) is 20.4 Å². The Hall–Kier alpha value is -4.29. The monoisotopic (exact) mass is 538 g/mol. The van der Waals surface area contributed by atoms with Gasteiger partial charge in [0.15, 0.2) is 0 Å². The zero-order valence-electron chi connectivity index (χ0n) is 23.3. The molecule has 8 heteroatoms. The number of aromatic nitrogens is 2. The highest BCUT2D eigenvalue weighted by atomic mass is 16.5. The van der Waals surface area contributed by atoms with Gasteiger partial charge in [-0.2, -0.15) is 0 Å². The molecule has 2 aromatic heterocycles. The summed E-state index contributed by atoms with van der Waals surface area (Å²) in [6.45, 7) is 15.3. The number of ether oxygens (including phenoxy) is 2. The van der Waals surface area contributed by atoms with Crippen LogP contribution in [0.1, 0.15) is 28.1 Å². The molecule has 208 valence electrons. The van der Waals surface area contributed by atoms with E-state index in [2.05, 4.69) is 37.6 Å². The molecule has 4 N–H and O–H groups in total. The van der Waals surface area contributed by atoms with E-state index in [-0.39, 0.29) is 0 Å². The van der Waals surface area contributed by atoms with E-state index in [0.29, 0.717) is 45.2 Å². The molecular weight excluding hydrogens is 500 g/mol. The highest BCUT2D eigenvalue weighted by Crippen LogP contribution is 2.18. The van der Waals surface area contributed by atoms with E-state index >= 15 is 0 Å². The van der Waals surface area contributed by atoms with Crippen LogP contribution in [0.4, 0.5) is 17.3 Å². The molecule has 0 spiro atoms. The van der Waals surface area contributed by atoms with Gasteiger partial charge in [-0.05, 0) is 42.7 Å². The molecule has 0 aliphatic carbocycles. The number of nitrogens with two attached hydrogens (primary N) is 1. The number of nitrogens with zero attached hydrogens (tertiary/aromatic N) is 3. The number of anilines is 2. The van der Waals surface area contributed by atoms with Gasteiger partial charge in [0.1, 0.15) is 11.6 Å². The fourth-order valence-corrected chi connectivity index (χ4v) is 3.71. The maximum Gasteiger partial charge on any atom is 0.208 e. The second kappa shape index (κ2) is 17.3. The Kier molecular flexibility index (Phi) is 13.1. The largest absolute Gasteiger partial charge is 0.375 e. The Morgan fingerprint density at radius 3 is 1.65 bits per heavy atom. The van der Waals surface area contributed by atoms with E-state index in [1.807, 2.05) is 80.6 Å². The lowest BCUT2D eigenvalue weighted by Crippen LogP contribution is -2.11. The van der Waals surface area contributed by atoms with Crippen LogP contribution in [0.5, 0.6) is 0 Å². The zero-order chi connectivity index (χ0) is 28.4. The van der Waals surface area contributed by atoms with Crippen molar-refractivity contribution >= 4 is 17.3 Å². The van der Waals surface area contributed by atoms with Crippen molar-refractivity contribution in [1.29, 1.82) is 0 Å². The van der Waals surface area contributed by atoms with Crippen molar-refractivity contribution in [3.8, 4) is 0 Å². The van der Waals surface area contributed by atoms with Crippen molar-refractivity contribution in [1.82, 2.24) is 9.97 Å². The first-order valence-electron chi connectivity index (χ1n) is 13.3. The second-order valence-corrected chi connectivity index (χ2v) is 8.99. The lowest BCUT2D eigenvalue weighted by atomic mass is 10.2. The maximum atomic E-state index is 6.97. The van der Waals surface area contributed by atoms with E-state index in [1.165, 1.54) is 11.1 Å². The third-order valence-corrected chi connectivity index (χ3v) is 5.92. The molecular formula is C32H38N6O2. The summed E-state index contributed by atoms with van der Waals surface area (Å²) in [5.41, 5.74) is 11.4. The van der Waals surface area contributed by atoms with Crippen molar-refractivity contribution in [2.75, 3.05) is 36.9 Å². The highest BCUT2D eigenvalue weighted by Gasteiger charge is 2.01. The molecule has 0 aliphatic heterocycles. The topological polar surface area (TPSA) is 98.7 Å². The molecule has 0 aliphatic rings. The first kappa shape index (κ1) is 30.3. The highest BCUT2D eigenvalue weighted by molar-refractivity contribution is 5.53. The molecule has 2 heterocycles. The number of pyridine rings is 2. The predicted octanol–water partition coefficient (Wildman–Crippen LogP) is 6.05. The maximum absolute atomic E-state index is 6.97. The molecule has 4 rings (SSSR count). The molecule has 0 fully saturated rings. The van der Waals surface area contributed by atoms with Crippen LogP contribution in [-0.2, 0) is 29.2 Å². The quantitative estimate of drug-likeness (QED) is 0.141. The molecule has 8 nitrogen and oxygen atoms in total. The number of benzene rings is 2. The average molecular weight is 539 g/mol. The minimum atomic E-state index is 0.527. The van der Waals surface area contributed by atoms with Crippen LogP contribution in [0.15, 0.2) is 84.9 Å². The number of aryl methyl sites for hydroxylation is 2. The second-order valence-electron chi connectivity index (χ2n) is 8.99. The van der Waals surface area contributed by atoms with Crippen LogP contribution >= 0.6 is 0 Å². The Bertz CT molecular complexity index is 1330. The molecule has 0 radical (unpaired) electrons. The van der Waals surface area contributed by atoms with Crippen LogP contribution in [-0.4, -0.2) is 36.3 Å². The van der Waals surface area contributed by atoms with Crippen molar-refractivity contribution in [3.63, 3.8) is 0 Å². The average Bonchev–Trinajstić information content (AvgIpc) is 2.98. The molecule has 0 atom stereocenters. The lowest BCUT2D eigenvalue weighted by Gasteiger charge is -2.09. The summed E-state index contributed by atoms with van der Waals surface area (Å²) in [5.74, 6) is 1.64. The molecule has 0 saturated carbocycles. The molecule has 0 bridgehead atoms. The summed E-state index contributed by atoms with van der Waals surface area (Å²) in [7, 11) is 0. The first-order chi connectivity index (χ1) is 19.6. The normalized spacial score (nSPS) is 10.2. The first-order valence-corrected chi connectivity index (χ1v) is 13.3. The molecule has 0 amide bonds. The van der Waals surface area contributed by atoms with E-state index in [4.69, 9.17) is 21.8 Å². The number of rotatable bonds is 13. The molecule has 4 aromatic rings. The Balaban J connectivity index is 0.000000220. The minimum Gasteiger partial charge on any atom is -0.375 e. The van der Waals surface area contributed by atoms with Crippen molar-refractivity contribution < 1.29 is 9.47 Å². The summed E-state index contributed by atoms with van der Waals surface area (Å²) < 4.78 is 11.2. The molecule has 0 unspecified atom stereocenters. The lowest BCUT2D eigenvalue weighted by molar-refractivity contribution is 0.130. The summed E-state index contributed by atoms with van der Waals surface area (Å²) in [4.78, 5) is 12.2. The van der Waals surface area contributed by atoms with E-state index in [1.54, 1.807) is 6.07 Å². The Morgan fingerprint density at radius 2 is 1.20 bits per heavy atom. The van der Waals surface area contributed by atoms with Gasteiger partial charge in [-0.25, -0.2) is 14.8 Å². The third-order valence-electron chi connectivity index (χ3n) is 5.92. The van der Waals surface area contributed by atoms with Gasteiger partial charge >= 0.3 is 0 Å².